The SMILES string of the molecule is Cn1ccc(CCc2cc(Br)ccc2OCc2ccccc2)c(-n2ncnn2)c1=O. The van der Waals surface area contributed by atoms with Crippen LogP contribution in [0.5, 0.6) is 5.75 Å². The molecule has 7 nitrogen and oxygen atoms in total. The maximum absolute atomic E-state index is 12.7. The largest absolute Gasteiger partial charge is 0.489 e. The van der Waals surface area contributed by atoms with Gasteiger partial charge in [-0.05, 0) is 59.0 Å². The maximum atomic E-state index is 12.7. The van der Waals surface area contributed by atoms with Crippen LogP contribution >= 0.6 is 15.9 Å². The molecule has 8 heteroatoms. The second kappa shape index (κ2) is 9.04. The minimum atomic E-state index is -0.166. The van der Waals surface area contributed by atoms with Gasteiger partial charge in [-0.2, -0.15) is 0 Å². The van der Waals surface area contributed by atoms with Gasteiger partial charge in [-0.25, -0.2) is 0 Å². The highest BCUT2D eigenvalue weighted by atomic mass is 79.9. The quantitative estimate of drug-likeness (QED) is 0.417. The summed E-state index contributed by atoms with van der Waals surface area (Å²) in [6.45, 7) is 0.496. The molecule has 0 atom stereocenters. The van der Waals surface area contributed by atoms with Gasteiger partial charge in [0.25, 0.3) is 5.56 Å². The summed E-state index contributed by atoms with van der Waals surface area (Å²) in [7, 11) is 1.70. The van der Waals surface area contributed by atoms with Crippen LogP contribution in [-0.4, -0.2) is 24.8 Å². The van der Waals surface area contributed by atoms with Crippen LogP contribution in [0, 0.1) is 0 Å². The van der Waals surface area contributed by atoms with E-state index in [4.69, 9.17) is 4.74 Å². The Balaban J connectivity index is 1.58. The van der Waals surface area contributed by atoms with Crippen LogP contribution in [0.4, 0.5) is 0 Å². The van der Waals surface area contributed by atoms with Crippen LogP contribution in [0.2, 0.25) is 0 Å². The number of rotatable bonds is 7. The van der Waals surface area contributed by atoms with Crippen LogP contribution in [-0.2, 0) is 26.5 Å². The van der Waals surface area contributed by atoms with E-state index in [0.717, 1.165) is 26.9 Å². The molecule has 152 valence electrons. The first-order valence-corrected chi connectivity index (χ1v) is 10.3. The molecular weight excluding hydrogens is 446 g/mol. The summed E-state index contributed by atoms with van der Waals surface area (Å²) in [5.74, 6) is 0.825. The first-order valence-electron chi connectivity index (χ1n) is 9.49. The number of aryl methyl sites for hydroxylation is 3. The lowest BCUT2D eigenvalue weighted by molar-refractivity contribution is 0.303. The smallest absolute Gasteiger partial charge is 0.278 e. The van der Waals surface area contributed by atoms with E-state index < -0.39 is 0 Å². The topological polar surface area (TPSA) is 74.8 Å². The van der Waals surface area contributed by atoms with Gasteiger partial charge < -0.3 is 9.30 Å². The fourth-order valence-electron chi connectivity index (χ4n) is 3.23. The standard InChI is InChI=1S/C22H20BrN5O2/c1-27-12-11-17(21(22(27)29)28-25-15-24-26-28)7-8-18-13-19(23)9-10-20(18)30-14-16-5-3-2-4-6-16/h2-6,9-13,15H,7-8,14H2,1H3. The Labute approximate surface area is 182 Å². The number of hydrogen-bond acceptors (Lipinski definition) is 5. The third-order valence-electron chi connectivity index (χ3n) is 4.80. The van der Waals surface area contributed by atoms with Crippen LogP contribution in [0.15, 0.2) is 76.4 Å². The predicted molar refractivity (Wildman–Crippen MR) is 117 cm³/mol. The Morgan fingerprint density at radius 1 is 1.03 bits per heavy atom. The lowest BCUT2D eigenvalue weighted by atomic mass is 10.0. The second-order valence-electron chi connectivity index (χ2n) is 6.86. The lowest BCUT2D eigenvalue weighted by Crippen LogP contribution is -2.25. The predicted octanol–water partition coefficient (Wildman–Crippen LogP) is 3.49. The van der Waals surface area contributed by atoms with Gasteiger partial charge in [0.1, 0.15) is 12.4 Å². The van der Waals surface area contributed by atoms with Crippen LogP contribution < -0.4 is 10.3 Å². The van der Waals surface area contributed by atoms with E-state index in [1.807, 2.05) is 48.5 Å². The van der Waals surface area contributed by atoms with E-state index in [1.165, 1.54) is 15.7 Å². The van der Waals surface area contributed by atoms with Gasteiger partial charge in [-0.1, -0.05) is 46.3 Å². The number of ether oxygens (including phenoxy) is 1. The fourth-order valence-corrected chi connectivity index (χ4v) is 3.64. The van der Waals surface area contributed by atoms with Crippen LogP contribution in [0.25, 0.3) is 5.69 Å². The molecule has 0 saturated carbocycles. The molecule has 0 unspecified atom stereocenters. The molecule has 0 amide bonds. The molecule has 0 bridgehead atoms. The summed E-state index contributed by atoms with van der Waals surface area (Å²) in [6, 6.07) is 18.0. The average molecular weight is 466 g/mol. The van der Waals surface area contributed by atoms with Crippen molar-refractivity contribution >= 4 is 15.9 Å². The van der Waals surface area contributed by atoms with Gasteiger partial charge in [0, 0.05) is 17.7 Å². The normalized spacial score (nSPS) is 10.9. The van der Waals surface area contributed by atoms with Crippen molar-refractivity contribution < 1.29 is 4.74 Å². The summed E-state index contributed by atoms with van der Waals surface area (Å²) in [6.07, 6.45) is 4.40. The first-order chi connectivity index (χ1) is 14.6. The molecule has 2 heterocycles. The number of aromatic nitrogens is 5. The highest BCUT2D eigenvalue weighted by molar-refractivity contribution is 9.10. The van der Waals surface area contributed by atoms with E-state index in [2.05, 4.69) is 37.4 Å². The van der Waals surface area contributed by atoms with E-state index in [0.29, 0.717) is 25.1 Å². The zero-order chi connectivity index (χ0) is 20.9. The van der Waals surface area contributed by atoms with Gasteiger partial charge in [0.05, 0.1) is 0 Å². The minimum absolute atomic E-state index is 0.166. The Morgan fingerprint density at radius 2 is 1.83 bits per heavy atom. The molecule has 30 heavy (non-hydrogen) atoms. The summed E-state index contributed by atoms with van der Waals surface area (Å²) < 4.78 is 8.57. The van der Waals surface area contributed by atoms with Crippen molar-refractivity contribution in [2.45, 2.75) is 19.4 Å². The molecule has 0 spiro atoms. The van der Waals surface area contributed by atoms with Crippen molar-refractivity contribution in [1.29, 1.82) is 0 Å². The van der Waals surface area contributed by atoms with Crippen molar-refractivity contribution in [2.24, 2.45) is 7.05 Å². The summed E-state index contributed by atoms with van der Waals surface area (Å²) in [5.41, 5.74) is 3.26. The molecular formula is C22H20BrN5O2. The fraction of sp³-hybridized carbons (Fsp3) is 0.182. The van der Waals surface area contributed by atoms with Gasteiger partial charge in [-0.3, -0.25) is 4.79 Å². The van der Waals surface area contributed by atoms with Gasteiger partial charge in [-0.15, -0.1) is 15.0 Å². The third kappa shape index (κ3) is 4.49. The Morgan fingerprint density at radius 3 is 2.60 bits per heavy atom. The van der Waals surface area contributed by atoms with E-state index in [1.54, 1.807) is 13.2 Å². The first kappa shape index (κ1) is 20.0. The monoisotopic (exact) mass is 465 g/mol. The molecule has 4 rings (SSSR count). The maximum Gasteiger partial charge on any atom is 0.278 e. The Hall–Kier alpha value is -3.26. The van der Waals surface area contributed by atoms with Crippen LogP contribution in [0.3, 0.4) is 0 Å². The molecule has 0 aliphatic heterocycles. The van der Waals surface area contributed by atoms with E-state index >= 15 is 0 Å². The van der Waals surface area contributed by atoms with Crippen molar-refractivity contribution in [2.75, 3.05) is 0 Å². The Bertz CT molecular complexity index is 1190. The number of pyridine rings is 1. The highest BCUT2D eigenvalue weighted by Gasteiger charge is 2.14. The summed E-state index contributed by atoms with van der Waals surface area (Å²) >= 11 is 3.54. The number of tetrazole rings is 1. The van der Waals surface area contributed by atoms with Crippen LogP contribution in [0.1, 0.15) is 16.7 Å². The van der Waals surface area contributed by atoms with E-state index in [-0.39, 0.29) is 5.56 Å². The average Bonchev–Trinajstić information content (AvgIpc) is 3.29. The summed E-state index contributed by atoms with van der Waals surface area (Å²) in [4.78, 5) is 14.0. The van der Waals surface area contributed by atoms with Gasteiger partial charge >= 0.3 is 0 Å². The molecule has 0 aliphatic rings. The zero-order valence-electron chi connectivity index (χ0n) is 16.4. The second-order valence-corrected chi connectivity index (χ2v) is 7.77. The van der Waals surface area contributed by atoms with Crippen molar-refractivity contribution in [3.63, 3.8) is 0 Å². The molecule has 0 saturated heterocycles. The van der Waals surface area contributed by atoms with E-state index in [9.17, 15) is 4.79 Å². The number of hydrogen-bond donors (Lipinski definition) is 0. The molecule has 0 radical (unpaired) electrons. The van der Waals surface area contributed by atoms with Crippen molar-refractivity contribution in [3.8, 4) is 11.4 Å². The Kier molecular flexibility index (Phi) is 6.04. The van der Waals surface area contributed by atoms with Crippen molar-refractivity contribution in [3.05, 3.63) is 98.6 Å². The molecule has 0 aliphatic carbocycles. The molecule has 0 fully saturated rings. The zero-order valence-corrected chi connectivity index (χ0v) is 18.0. The minimum Gasteiger partial charge on any atom is -0.489 e. The lowest BCUT2D eigenvalue weighted by Gasteiger charge is -2.14. The number of halogens is 1. The van der Waals surface area contributed by atoms with Gasteiger partial charge in [0.2, 0.25) is 0 Å². The van der Waals surface area contributed by atoms with Crippen molar-refractivity contribution in [1.82, 2.24) is 24.8 Å². The number of nitrogens with zero attached hydrogens (tertiary/aromatic N) is 5. The van der Waals surface area contributed by atoms with Gasteiger partial charge in [0.15, 0.2) is 12.0 Å². The number of benzene rings is 2. The summed E-state index contributed by atoms with van der Waals surface area (Å²) in [5, 5.41) is 11.7. The molecule has 0 N–H and O–H groups in total. The molecule has 2 aromatic heterocycles. The highest BCUT2D eigenvalue weighted by Crippen LogP contribution is 2.26. The molecule has 2 aromatic carbocycles. The third-order valence-corrected chi connectivity index (χ3v) is 5.29. The molecule has 4 aromatic rings.